The van der Waals surface area contributed by atoms with Gasteiger partial charge in [-0.25, -0.2) is 0 Å². The van der Waals surface area contributed by atoms with E-state index in [1.165, 1.54) is 0 Å². The second-order valence-electron chi connectivity index (χ2n) is 2.70. The number of thioether (sulfide) groups is 1. The fraction of sp³-hybridized carbons (Fsp3) is 0.111. The molecule has 4 heteroatoms. The zero-order valence-electron chi connectivity index (χ0n) is 6.56. The molecule has 0 saturated heterocycles. The summed E-state index contributed by atoms with van der Waals surface area (Å²) in [4.78, 5) is 22.8. The number of fused-ring (bicyclic) bond motifs is 1. The van der Waals surface area contributed by atoms with E-state index in [1.807, 2.05) is 0 Å². The van der Waals surface area contributed by atoms with Gasteiger partial charge in [0, 0.05) is 10.5 Å². The Morgan fingerprint density at radius 1 is 1.38 bits per heavy atom. The van der Waals surface area contributed by atoms with Gasteiger partial charge in [-0.3, -0.25) is 9.59 Å². The number of carboxylic acids is 1. The van der Waals surface area contributed by atoms with Gasteiger partial charge in [-0.2, -0.15) is 0 Å². The van der Waals surface area contributed by atoms with E-state index in [0.29, 0.717) is 5.56 Å². The lowest BCUT2D eigenvalue weighted by Gasteiger charge is -1.97. The minimum atomic E-state index is -1.06. The quantitative estimate of drug-likeness (QED) is 0.687. The zero-order chi connectivity index (χ0) is 9.42. The van der Waals surface area contributed by atoms with Crippen LogP contribution in [0.25, 0.3) is 0 Å². The predicted molar refractivity (Wildman–Crippen MR) is 48.1 cm³/mol. The Balaban J connectivity index is 2.44. The highest BCUT2D eigenvalue weighted by atomic mass is 32.2. The topological polar surface area (TPSA) is 54.4 Å². The summed E-state index contributed by atoms with van der Waals surface area (Å²) >= 11 is 1.10. The number of benzene rings is 1. The molecular weight excluding hydrogens is 188 g/mol. The smallest absolute Gasteiger partial charge is 0.325 e. The van der Waals surface area contributed by atoms with E-state index in [9.17, 15) is 9.59 Å². The number of aliphatic carboxylic acids is 1. The average Bonchev–Trinajstić information content (AvgIpc) is 2.45. The van der Waals surface area contributed by atoms with Gasteiger partial charge in [0.1, 0.15) is 0 Å². The highest BCUT2D eigenvalue weighted by Crippen LogP contribution is 2.36. The van der Waals surface area contributed by atoms with Crippen LogP contribution >= 0.6 is 11.8 Å². The van der Waals surface area contributed by atoms with Crippen LogP contribution in [-0.4, -0.2) is 22.1 Å². The van der Waals surface area contributed by atoms with Gasteiger partial charge in [-0.05, 0) is 6.07 Å². The molecule has 0 unspecified atom stereocenters. The molecule has 0 spiro atoms. The van der Waals surface area contributed by atoms with Crippen molar-refractivity contribution >= 4 is 23.5 Å². The van der Waals surface area contributed by atoms with Crippen molar-refractivity contribution < 1.29 is 14.7 Å². The molecule has 66 valence electrons. The summed E-state index contributed by atoms with van der Waals surface area (Å²) < 4.78 is 0. The average molecular weight is 194 g/mol. The zero-order valence-corrected chi connectivity index (χ0v) is 7.38. The van der Waals surface area contributed by atoms with Crippen molar-refractivity contribution in [2.45, 2.75) is 10.1 Å². The van der Waals surface area contributed by atoms with Crippen LogP contribution in [-0.2, 0) is 4.79 Å². The number of Topliss-reactive ketones (excluding diaryl/α,β-unsaturated/α-hetero) is 1. The Hall–Kier alpha value is -1.29. The second kappa shape index (κ2) is 2.88. The van der Waals surface area contributed by atoms with Crippen molar-refractivity contribution in [1.82, 2.24) is 0 Å². The molecule has 0 fully saturated rings. The summed E-state index contributed by atoms with van der Waals surface area (Å²) in [5.41, 5.74) is 0.528. The first kappa shape index (κ1) is 8.31. The number of carbonyl (C=O) groups is 2. The lowest BCUT2D eigenvalue weighted by molar-refractivity contribution is -0.135. The molecule has 0 aromatic heterocycles. The van der Waals surface area contributed by atoms with E-state index < -0.39 is 11.2 Å². The second-order valence-corrected chi connectivity index (χ2v) is 3.84. The molecule has 3 nitrogen and oxygen atoms in total. The number of carbonyl (C=O) groups excluding carboxylic acids is 1. The molecule has 0 radical (unpaired) electrons. The van der Waals surface area contributed by atoms with Crippen LogP contribution in [0, 0.1) is 0 Å². The Morgan fingerprint density at radius 3 is 2.69 bits per heavy atom. The molecule has 1 aromatic rings. The molecule has 0 saturated carbocycles. The Bertz CT molecular complexity index is 386. The third-order valence-corrected chi connectivity index (χ3v) is 3.12. The van der Waals surface area contributed by atoms with Crippen molar-refractivity contribution in [3.63, 3.8) is 0 Å². The normalized spacial score (nSPS) is 20.0. The van der Waals surface area contributed by atoms with E-state index >= 15 is 0 Å². The molecule has 1 heterocycles. The summed E-state index contributed by atoms with van der Waals surface area (Å²) in [7, 11) is 0. The number of hydrogen-bond acceptors (Lipinski definition) is 3. The highest BCUT2D eigenvalue weighted by molar-refractivity contribution is 8.02. The number of carboxylic acid groups (broad SMARTS) is 1. The number of ketones is 1. The summed E-state index contributed by atoms with van der Waals surface area (Å²) in [6.45, 7) is 0. The number of hydrogen-bond donors (Lipinski definition) is 1. The van der Waals surface area contributed by atoms with Gasteiger partial charge >= 0.3 is 5.97 Å². The Labute approximate surface area is 78.8 Å². The van der Waals surface area contributed by atoms with Crippen LogP contribution in [0.2, 0.25) is 0 Å². The maximum atomic E-state index is 11.4. The van der Waals surface area contributed by atoms with Gasteiger partial charge in [0.05, 0.1) is 0 Å². The number of rotatable bonds is 1. The van der Waals surface area contributed by atoms with E-state index in [0.717, 1.165) is 16.7 Å². The van der Waals surface area contributed by atoms with Gasteiger partial charge in [-0.1, -0.05) is 18.2 Å². The summed E-state index contributed by atoms with van der Waals surface area (Å²) in [6, 6.07) is 6.96. The van der Waals surface area contributed by atoms with Crippen molar-refractivity contribution in [3.05, 3.63) is 29.8 Å². The maximum Gasteiger partial charge on any atom is 0.325 e. The first-order chi connectivity index (χ1) is 6.20. The maximum absolute atomic E-state index is 11.4. The lowest BCUT2D eigenvalue weighted by atomic mass is 10.1. The first-order valence-electron chi connectivity index (χ1n) is 3.73. The predicted octanol–water partition coefficient (Wildman–Crippen LogP) is 1.43. The largest absolute Gasteiger partial charge is 0.480 e. The van der Waals surface area contributed by atoms with Gasteiger partial charge < -0.3 is 5.11 Å². The van der Waals surface area contributed by atoms with Crippen molar-refractivity contribution in [2.75, 3.05) is 0 Å². The highest BCUT2D eigenvalue weighted by Gasteiger charge is 2.36. The molecule has 0 amide bonds. The van der Waals surface area contributed by atoms with E-state index in [4.69, 9.17) is 5.11 Å². The molecular formula is C9H6O3S. The van der Waals surface area contributed by atoms with Gasteiger partial charge in [0.25, 0.3) is 0 Å². The van der Waals surface area contributed by atoms with Crippen LogP contribution in [0.5, 0.6) is 0 Å². The Morgan fingerprint density at radius 2 is 2.08 bits per heavy atom. The lowest BCUT2D eigenvalue weighted by Crippen LogP contribution is -2.22. The monoisotopic (exact) mass is 194 g/mol. The van der Waals surface area contributed by atoms with E-state index in [1.54, 1.807) is 24.3 Å². The molecule has 1 aromatic carbocycles. The fourth-order valence-electron chi connectivity index (χ4n) is 1.26. The van der Waals surface area contributed by atoms with Crippen molar-refractivity contribution in [1.29, 1.82) is 0 Å². The van der Waals surface area contributed by atoms with E-state index in [-0.39, 0.29) is 5.78 Å². The fourth-order valence-corrected chi connectivity index (χ4v) is 2.30. The van der Waals surface area contributed by atoms with Crippen LogP contribution in [0.15, 0.2) is 29.2 Å². The molecule has 1 atom stereocenters. The summed E-state index contributed by atoms with van der Waals surface area (Å²) in [5.74, 6) is -1.36. The molecule has 1 aliphatic rings. The van der Waals surface area contributed by atoms with Gasteiger partial charge in [-0.15, -0.1) is 11.8 Å². The van der Waals surface area contributed by atoms with Crippen LogP contribution < -0.4 is 0 Å². The van der Waals surface area contributed by atoms with Gasteiger partial charge in [0.15, 0.2) is 11.0 Å². The summed E-state index contributed by atoms with van der Waals surface area (Å²) in [6.07, 6.45) is 0. The molecule has 2 rings (SSSR count). The first-order valence-corrected chi connectivity index (χ1v) is 4.61. The third-order valence-electron chi connectivity index (χ3n) is 1.86. The van der Waals surface area contributed by atoms with Crippen molar-refractivity contribution in [2.24, 2.45) is 0 Å². The SMILES string of the molecule is O=C(O)[C@@H]1Sc2ccccc2C1=O. The van der Waals surface area contributed by atoms with Crippen molar-refractivity contribution in [3.8, 4) is 0 Å². The summed E-state index contributed by atoms with van der Waals surface area (Å²) in [5, 5.41) is 7.77. The van der Waals surface area contributed by atoms with Gasteiger partial charge in [0.2, 0.25) is 0 Å². The molecule has 1 N–H and O–H groups in total. The minimum Gasteiger partial charge on any atom is -0.480 e. The molecule has 0 bridgehead atoms. The molecule has 13 heavy (non-hydrogen) atoms. The minimum absolute atomic E-state index is 0.298. The third kappa shape index (κ3) is 1.23. The van der Waals surface area contributed by atoms with Crippen LogP contribution in [0.3, 0.4) is 0 Å². The molecule has 1 aliphatic heterocycles. The standard InChI is InChI=1S/C9H6O3S/c10-7-5-3-1-2-4-6(5)13-8(7)9(11)12/h1-4,8H,(H,11,12)/t8-/m1/s1. The van der Waals surface area contributed by atoms with E-state index in [2.05, 4.69) is 0 Å². The molecule has 0 aliphatic carbocycles. The van der Waals surface area contributed by atoms with Crippen LogP contribution in [0.4, 0.5) is 0 Å². The van der Waals surface area contributed by atoms with Crippen LogP contribution in [0.1, 0.15) is 10.4 Å². The Kier molecular flexibility index (Phi) is 1.84.